The lowest BCUT2D eigenvalue weighted by Gasteiger charge is -2.15. The molecule has 6 heteroatoms. The molecule has 20 heavy (non-hydrogen) atoms. The summed E-state index contributed by atoms with van der Waals surface area (Å²) in [6.45, 7) is 2.00. The average molecular weight is 296 g/mol. The number of halogens is 1. The number of nitrogens with one attached hydrogen (secondary N) is 1. The van der Waals surface area contributed by atoms with E-state index in [1.807, 2.05) is 4.90 Å². The maximum absolute atomic E-state index is 11.9. The lowest BCUT2D eigenvalue weighted by Crippen LogP contribution is -2.32. The molecule has 0 saturated carbocycles. The number of hydrogen-bond donors (Lipinski definition) is 2. The van der Waals surface area contributed by atoms with E-state index in [1.165, 1.54) is 6.07 Å². The van der Waals surface area contributed by atoms with Gasteiger partial charge in [-0.3, -0.25) is 9.59 Å². The summed E-state index contributed by atoms with van der Waals surface area (Å²) in [5.41, 5.74) is 6.46. The number of carbonyl (C=O) groups excluding carboxylic acids is 2. The van der Waals surface area contributed by atoms with E-state index in [2.05, 4.69) is 5.32 Å². The van der Waals surface area contributed by atoms with Crippen molar-refractivity contribution in [3.05, 3.63) is 28.8 Å². The Morgan fingerprint density at radius 1 is 1.30 bits per heavy atom. The summed E-state index contributed by atoms with van der Waals surface area (Å²) in [6.07, 6.45) is 2.47. The topological polar surface area (TPSA) is 75.4 Å². The molecule has 1 fully saturated rings. The first-order valence-corrected chi connectivity index (χ1v) is 7.07. The molecule has 0 unspecified atom stereocenters. The predicted octanol–water partition coefficient (Wildman–Crippen LogP) is 1.66. The second-order valence-corrected chi connectivity index (χ2v) is 5.24. The first-order chi connectivity index (χ1) is 9.58. The molecule has 0 bridgehead atoms. The number of hydrogen-bond acceptors (Lipinski definition) is 3. The summed E-state index contributed by atoms with van der Waals surface area (Å²) in [5.74, 6) is -0.153. The molecule has 1 saturated heterocycles. The average Bonchev–Trinajstić information content (AvgIpc) is 2.95. The van der Waals surface area contributed by atoms with Crippen LogP contribution in [0, 0.1) is 0 Å². The molecule has 0 aliphatic carbocycles. The van der Waals surface area contributed by atoms with Gasteiger partial charge in [-0.1, -0.05) is 11.6 Å². The largest absolute Gasteiger partial charge is 0.398 e. The molecule has 1 aromatic rings. The van der Waals surface area contributed by atoms with Crippen LogP contribution in [-0.2, 0) is 4.79 Å². The number of benzene rings is 1. The molecule has 0 radical (unpaired) electrons. The van der Waals surface area contributed by atoms with Crippen LogP contribution in [0.15, 0.2) is 18.2 Å². The van der Waals surface area contributed by atoms with Crippen LogP contribution < -0.4 is 11.1 Å². The van der Waals surface area contributed by atoms with Crippen molar-refractivity contribution in [1.29, 1.82) is 0 Å². The Balaban J connectivity index is 1.79. The van der Waals surface area contributed by atoms with E-state index in [1.54, 1.807) is 12.1 Å². The van der Waals surface area contributed by atoms with Crippen molar-refractivity contribution in [2.75, 3.05) is 25.4 Å². The van der Waals surface area contributed by atoms with Crippen molar-refractivity contribution in [1.82, 2.24) is 10.2 Å². The quantitative estimate of drug-likeness (QED) is 0.830. The number of likely N-dealkylation sites (tertiary alicyclic amines) is 1. The highest BCUT2D eigenvalue weighted by Gasteiger charge is 2.17. The fourth-order valence-corrected chi connectivity index (χ4v) is 2.36. The van der Waals surface area contributed by atoms with E-state index in [4.69, 9.17) is 17.3 Å². The molecule has 3 N–H and O–H groups in total. The highest BCUT2D eigenvalue weighted by atomic mass is 35.5. The summed E-state index contributed by atoms with van der Waals surface area (Å²) in [7, 11) is 0. The lowest BCUT2D eigenvalue weighted by atomic mass is 10.2. The van der Waals surface area contributed by atoms with Crippen molar-refractivity contribution < 1.29 is 9.59 Å². The van der Waals surface area contributed by atoms with E-state index in [9.17, 15) is 9.59 Å². The van der Waals surface area contributed by atoms with Crippen LogP contribution in [0.3, 0.4) is 0 Å². The third kappa shape index (κ3) is 3.63. The maximum atomic E-state index is 11.9. The summed E-state index contributed by atoms with van der Waals surface area (Å²) in [6, 6.07) is 4.72. The lowest BCUT2D eigenvalue weighted by molar-refractivity contribution is -0.129. The molecule has 0 spiro atoms. The molecule has 1 aliphatic rings. The van der Waals surface area contributed by atoms with Crippen LogP contribution in [0.5, 0.6) is 0 Å². The maximum Gasteiger partial charge on any atom is 0.251 e. The molecular formula is C14H18ClN3O2. The van der Waals surface area contributed by atoms with Gasteiger partial charge < -0.3 is 16.0 Å². The van der Waals surface area contributed by atoms with Gasteiger partial charge in [-0.05, 0) is 31.0 Å². The number of nitrogens with zero attached hydrogens (tertiary/aromatic N) is 1. The zero-order valence-corrected chi connectivity index (χ0v) is 11.9. The van der Waals surface area contributed by atoms with Crippen molar-refractivity contribution in [3.63, 3.8) is 0 Å². The fraction of sp³-hybridized carbons (Fsp3) is 0.429. The van der Waals surface area contributed by atoms with Crippen molar-refractivity contribution in [2.45, 2.75) is 19.3 Å². The van der Waals surface area contributed by atoms with E-state index >= 15 is 0 Å². The van der Waals surface area contributed by atoms with Gasteiger partial charge >= 0.3 is 0 Å². The van der Waals surface area contributed by atoms with Gasteiger partial charge in [0.1, 0.15) is 0 Å². The minimum absolute atomic E-state index is 0.0955. The van der Waals surface area contributed by atoms with Crippen molar-refractivity contribution in [2.24, 2.45) is 0 Å². The van der Waals surface area contributed by atoms with Gasteiger partial charge in [0.25, 0.3) is 5.91 Å². The zero-order valence-electron chi connectivity index (χ0n) is 11.2. The number of anilines is 1. The Bertz CT molecular complexity index is 513. The van der Waals surface area contributed by atoms with Gasteiger partial charge in [-0.2, -0.15) is 0 Å². The predicted molar refractivity (Wildman–Crippen MR) is 78.6 cm³/mol. The van der Waals surface area contributed by atoms with E-state index in [-0.39, 0.29) is 11.8 Å². The van der Waals surface area contributed by atoms with Crippen molar-refractivity contribution >= 4 is 29.1 Å². The molecule has 108 valence electrons. The van der Waals surface area contributed by atoms with Crippen LogP contribution in [0.2, 0.25) is 5.02 Å². The zero-order chi connectivity index (χ0) is 14.5. The molecule has 1 aromatic carbocycles. The second-order valence-electron chi connectivity index (χ2n) is 4.83. The summed E-state index contributed by atoms with van der Waals surface area (Å²) in [4.78, 5) is 25.5. The number of nitrogens with two attached hydrogens (primary N) is 1. The molecule has 2 amide bonds. The Morgan fingerprint density at radius 3 is 2.65 bits per heavy atom. The molecule has 0 aromatic heterocycles. The van der Waals surface area contributed by atoms with Gasteiger partial charge in [0, 0.05) is 31.6 Å². The van der Waals surface area contributed by atoms with Gasteiger partial charge in [0.15, 0.2) is 0 Å². The minimum atomic E-state index is -0.249. The highest BCUT2D eigenvalue weighted by molar-refractivity contribution is 6.33. The van der Waals surface area contributed by atoms with Crippen LogP contribution in [0.1, 0.15) is 29.6 Å². The summed E-state index contributed by atoms with van der Waals surface area (Å²) < 4.78 is 0. The first-order valence-electron chi connectivity index (χ1n) is 6.69. The SMILES string of the molecule is Nc1ccc(C(=O)NCCC(=O)N2CCCC2)cc1Cl. The molecular weight excluding hydrogens is 278 g/mol. The van der Waals surface area contributed by atoms with E-state index in [0.717, 1.165) is 25.9 Å². The monoisotopic (exact) mass is 295 g/mol. The Hall–Kier alpha value is -1.75. The minimum Gasteiger partial charge on any atom is -0.398 e. The van der Waals surface area contributed by atoms with Gasteiger partial charge in [0.2, 0.25) is 5.91 Å². The summed E-state index contributed by atoms with van der Waals surface area (Å²) >= 11 is 5.86. The molecule has 1 aliphatic heterocycles. The smallest absolute Gasteiger partial charge is 0.251 e. The van der Waals surface area contributed by atoms with Gasteiger partial charge in [-0.15, -0.1) is 0 Å². The summed E-state index contributed by atoms with van der Waals surface area (Å²) in [5, 5.41) is 3.07. The Labute approximate surface area is 123 Å². The van der Waals surface area contributed by atoms with Crippen LogP contribution in [0.25, 0.3) is 0 Å². The van der Waals surface area contributed by atoms with E-state index in [0.29, 0.717) is 29.2 Å². The Kier molecular flexibility index (Phi) is 4.84. The van der Waals surface area contributed by atoms with Gasteiger partial charge in [0.05, 0.1) is 10.7 Å². The number of amides is 2. The van der Waals surface area contributed by atoms with Crippen LogP contribution >= 0.6 is 11.6 Å². The third-order valence-corrected chi connectivity index (χ3v) is 3.67. The molecule has 2 rings (SSSR count). The van der Waals surface area contributed by atoms with Crippen LogP contribution in [-0.4, -0.2) is 36.3 Å². The molecule has 1 heterocycles. The number of nitrogen functional groups attached to an aromatic ring is 1. The highest BCUT2D eigenvalue weighted by Crippen LogP contribution is 2.19. The molecule has 0 atom stereocenters. The second kappa shape index (κ2) is 6.61. The van der Waals surface area contributed by atoms with Crippen molar-refractivity contribution in [3.8, 4) is 0 Å². The Morgan fingerprint density at radius 2 is 2.00 bits per heavy atom. The molecule has 5 nitrogen and oxygen atoms in total. The fourth-order valence-electron chi connectivity index (χ4n) is 2.18. The van der Waals surface area contributed by atoms with Crippen LogP contribution in [0.4, 0.5) is 5.69 Å². The number of rotatable bonds is 4. The normalized spacial score (nSPS) is 14.3. The number of carbonyl (C=O) groups is 2. The standard InChI is InChI=1S/C14H18ClN3O2/c15-11-9-10(3-4-12(11)16)14(20)17-6-5-13(19)18-7-1-2-8-18/h3-4,9H,1-2,5-8,16H2,(H,17,20). The van der Waals surface area contributed by atoms with Gasteiger partial charge in [-0.25, -0.2) is 0 Å². The van der Waals surface area contributed by atoms with E-state index < -0.39 is 0 Å². The third-order valence-electron chi connectivity index (χ3n) is 3.35. The first kappa shape index (κ1) is 14.7.